The molecular weight excluding hydrogens is 481 g/mol. The van der Waals surface area contributed by atoms with E-state index in [1.54, 1.807) is 4.90 Å². The molecule has 1 aromatic rings. The SMILES string of the molecule is CCOC(=O)N1CCC(NC(N)=NCC2CCCN2Cc2ccccc2)CC1.I. The number of aliphatic imine (C=N–C) groups is 1. The van der Waals surface area contributed by atoms with Crippen molar-refractivity contribution in [3.63, 3.8) is 0 Å². The van der Waals surface area contributed by atoms with Gasteiger partial charge < -0.3 is 20.7 Å². The Morgan fingerprint density at radius 3 is 2.62 bits per heavy atom. The summed E-state index contributed by atoms with van der Waals surface area (Å²) in [5.41, 5.74) is 7.48. The van der Waals surface area contributed by atoms with Crippen molar-refractivity contribution >= 4 is 36.0 Å². The molecule has 0 bridgehead atoms. The lowest BCUT2D eigenvalue weighted by Crippen LogP contribution is -2.48. The highest BCUT2D eigenvalue weighted by Gasteiger charge is 2.25. The second-order valence-electron chi connectivity index (χ2n) is 7.58. The fourth-order valence-electron chi connectivity index (χ4n) is 4.01. The lowest BCUT2D eigenvalue weighted by Gasteiger charge is -2.31. The number of rotatable bonds is 6. The molecule has 2 fully saturated rings. The van der Waals surface area contributed by atoms with Crippen LogP contribution >= 0.6 is 24.0 Å². The van der Waals surface area contributed by atoms with Crippen molar-refractivity contribution in [2.24, 2.45) is 10.7 Å². The van der Waals surface area contributed by atoms with Gasteiger partial charge in [-0.15, -0.1) is 24.0 Å². The molecule has 7 nitrogen and oxygen atoms in total. The van der Waals surface area contributed by atoms with E-state index in [1.165, 1.54) is 18.4 Å². The van der Waals surface area contributed by atoms with Crippen LogP contribution in [0.1, 0.15) is 38.2 Å². The Labute approximate surface area is 191 Å². The Morgan fingerprint density at radius 1 is 1.21 bits per heavy atom. The first-order chi connectivity index (χ1) is 13.7. The molecule has 2 saturated heterocycles. The van der Waals surface area contributed by atoms with E-state index < -0.39 is 0 Å². The minimum atomic E-state index is -0.220. The average molecular weight is 515 g/mol. The topological polar surface area (TPSA) is 83.2 Å². The van der Waals surface area contributed by atoms with Crippen molar-refractivity contribution in [2.75, 3.05) is 32.8 Å². The zero-order valence-corrected chi connectivity index (χ0v) is 19.6. The van der Waals surface area contributed by atoms with Crippen LogP contribution in [0.4, 0.5) is 4.79 Å². The third-order valence-corrected chi connectivity index (χ3v) is 5.57. The van der Waals surface area contributed by atoms with Gasteiger partial charge in [-0.05, 0) is 44.7 Å². The molecular formula is C21H34IN5O2. The number of carbonyl (C=O) groups is 1. The van der Waals surface area contributed by atoms with Gasteiger partial charge in [0.05, 0.1) is 13.2 Å². The van der Waals surface area contributed by atoms with Gasteiger partial charge in [0.1, 0.15) is 0 Å². The number of ether oxygens (including phenoxy) is 1. The quantitative estimate of drug-likeness (QED) is 0.346. The summed E-state index contributed by atoms with van der Waals surface area (Å²) in [5.74, 6) is 0.515. The van der Waals surface area contributed by atoms with Gasteiger partial charge in [0.25, 0.3) is 0 Å². The minimum absolute atomic E-state index is 0. The van der Waals surface area contributed by atoms with E-state index in [9.17, 15) is 4.79 Å². The fourth-order valence-corrected chi connectivity index (χ4v) is 4.01. The van der Waals surface area contributed by atoms with Crippen molar-refractivity contribution < 1.29 is 9.53 Å². The van der Waals surface area contributed by atoms with Crippen molar-refractivity contribution in [3.05, 3.63) is 35.9 Å². The highest BCUT2D eigenvalue weighted by molar-refractivity contribution is 14.0. The molecule has 162 valence electrons. The number of nitrogens with one attached hydrogen (secondary N) is 1. The molecule has 0 aliphatic carbocycles. The maximum Gasteiger partial charge on any atom is 0.409 e. The van der Waals surface area contributed by atoms with E-state index >= 15 is 0 Å². The summed E-state index contributed by atoms with van der Waals surface area (Å²) in [5, 5.41) is 3.33. The number of piperidine rings is 1. The predicted octanol–water partition coefficient (Wildman–Crippen LogP) is 2.79. The van der Waals surface area contributed by atoms with E-state index in [-0.39, 0.29) is 36.1 Å². The molecule has 29 heavy (non-hydrogen) atoms. The Bertz CT molecular complexity index is 650. The van der Waals surface area contributed by atoms with E-state index in [1.807, 2.05) is 6.92 Å². The fraction of sp³-hybridized carbons (Fsp3) is 0.619. The van der Waals surface area contributed by atoms with E-state index in [2.05, 4.69) is 45.5 Å². The van der Waals surface area contributed by atoms with Crippen molar-refractivity contribution in [3.8, 4) is 0 Å². The Morgan fingerprint density at radius 2 is 1.93 bits per heavy atom. The van der Waals surface area contributed by atoms with Crippen LogP contribution < -0.4 is 11.1 Å². The van der Waals surface area contributed by atoms with Crippen LogP contribution in [0.2, 0.25) is 0 Å². The molecule has 2 aliphatic heterocycles. The molecule has 0 radical (unpaired) electrons. The van der Waals surface area contributed by atoms with Gasteiger partial charge in [-0.25, -0.2) is 4.79 Å². The molecule has 1 aromatic carbocycles. The van der Waals surface area contributed by atoms with Crippen LogP contribution in [-0.4, -0.2) is 66.7 Å². The number of carbonyl (C=O) groups excluding carboxylic acids is 1. The molecule has 2 heterocycles. The highest BCUT2D eigenvalue weighted by Crippen LogP contribution is 2.20. The summed E-state index contributed by atoms with van der Waals surface area (Å²) < 4.78 is 5.06. The number of hydrogen-bond donors (Lipinski definition) is 2. The summed E-state index contributed by atoms with van der Waals surface area (Å²) in [7, 11) is 0. The molecule has 0 aromatic heterocycles. The molecule has 3 rings (SSSR count). The van der Waals surface area contributed by atoms with Gasteiger partial charge in [-0.1, -0.05) is 30.3 Å². The number of likely N-dealkylation sites (tertiary alicyclic amines) is 2. The molecule has 0 spiro atoms. The number of nitrogens with two attached hydrogens (primary N) is 1. The summed E-state index contributed by atoms with van der Waals surface area (Å²) in [4.78, 5) is 20.6. The Kier molecular flexibility index (Phi) is 9.99. The Hall–Kier alpha value is -1.55. The number of guanidine groups is 1. The number of amides is 1. The molecule has 1 unspecified atom stereocenters. The van der Waals surface area contributed by atoms with Crippen molar-refractivity contribution in [1.82, 2.24) is 15.1 Å². The van der Waals surface area contributed by atoms with Gasteiger partial charge in [0, 0.05) is 31.7 Å². The minimum Gasteiger partial charge on any atom is -0.450 e. The molecule has 0 saturated carbocycles. The predicted molar refractivity (Wildman–Crippen MR) is 127 cm³/mol. The van der Waals surface area contributed by atoms with Gasteiger partial charge in [0.2, 0.25) is 0 Å². The number of hydrogen-bond acceptors (Lipinski definition) is 4. The smallest absolute Gasteiger partial charge is 0.409 e. The zero-order chi connectivity index (χ0) is 19.8. The van der Waals surface area contributed by atoms with E-state index in [0.29, 0.717) is 31.7 Å². The lowest BCUT2D eigenvalue weighted by molar-refractivity contribution is 0.0963. The van der Waals surface area contributed by atoms with Crippen molar-refractivity contribution in [1.29, 1.82) is 0 Å². The van der Waals surface area contributed by atoms with Crippen LogP contribution in [0.15, 0.2) is 35.3 Å². The zero-order valence-electron chi connectivity index (χ0n) is 17.3. The summed E-state index contributed by atoms with van der Waals surface area (Å²) in [6.07, 6.45) is 3.88. The van der Waals surface area contributed by atoms with Crippen LogP contribution in [0, 0.1) is 0 Å². The second-order valence-corrected chi connectivity index (χ2v) is 7.58. The maximum absolute atomic E-state index is 11.8. The van der Waals surface area contributed by atoms with Crippen LogP contribution in [0.5, 0.6) is 0 Å². The van der Waals surface area contributed by atoms with Gasteiger partial charge in [-0.2, -0.15) is 0 Å². The van der Waals surface area contributed by atoms with Gasteiger partial charge in [-0.3, -0.25) is 9.89 Å². The molecule has 3 N–H and O–H groups in total. The maximum atomic E-state index is 11.8. The average Bonchev–Trinajstić information content (AvgIpc) is 3.15. The third kappa shape index (κ3) is 7.33. The molecule has 1 atom stereocenters. The van der Waals surface area contributed by atoms with Gasteiger partial charge >= 0.3 is 6.09 Å². The largest absolute Gasteiger partial charge is 0.450 e. The van der Waals surface area contributed by atoms with Crippen molar-refractivity contribution in [2.45, 2.75) is 51.2 Å². The number of benzene rings is 1. The van der Waals surface area contributed by atoms with E-state index in [4.69, 9.17) is 10.5 Å². The van der Waals surface area contributed by atoms with Crippen LogP contribution in [-0.2, 0) is 11.3 Å². The first-order valence-electron chi connectivity index (χ1n) is 10.4. The summed E-state index contributed by atoms with van der Waals surface area (Å²) in [6.45, 7) is 6.45. The van der Waals surface area contributed by atoms with E-state index in [0.717, 1.165) is 32.5 Å². The molecule has 8 heteroatoms. The summed E-state index contributed by atoms with van der Waals surface area (Å²) in [6, 6.07) is 11.3. The molecule has 1 amide bonds. The first kappa shape index (κ1) is 23.7. The third-order valence-electron chi connectivity index (χ3n) is 5.57. The highest BCUT2D eigenvalue weighted by atomic mass is 127. The number of nitrogens with zero attached hydrogens (tertiary/aromatic N) is 3. The lowest BCUT2D eigenvalue weighted by atomic mass is 10.1. The normalized spacial score (nSPS) is 20.9. The van der Waals surface area contributed by atoms with Crippen LogP contribution in [0.3, 0.4) is 0 Å². The monoisotopic (exact) mass is 515 g/mol. The second kappa shape index (κ2) is 12.2. The Balaban J connectivity index is 0.00000300. The van der Waals surface area contributed by atoms with Gasteiger partial charge in [0.15, 0.2) is 5.96 Å². The standard InChI is InChI=1S/C21H33N5O2.HI/c1-2-28-21(27)25-13-10-18(11-14-25)24-20(22)23-15-19-9-6-12-26(19)16-17-7-4-3-5-8-17;/h3-5,7-8,18-19H,2,6,9-16H2,1H3,(H3,22,23,24);1H. The number of halogens is 1. The first-order valence-corrected chi connectivity index (χ1v) is 10.4. The van der Waals surface area contributed by atoms with Crippen LogP contribution in [0.25, 0.3) is 0 Å². The summed E-state index contributed by atoms with van der Waals surface area (Å²) >= 11 is 0. The molecule has 2 aliphatic rings.